The van der Waals surface area contributed by atoms with Gasteiger partial charge in [-0.1, -0.05) is 58.4 Å². The summed E-state index contributed by atoms with van der Waals surface area (Å²) in [7, 11) is 0. The number of benzene rings is 4. The van der Waals surface area contributed by atoms with E-state index in [2.05, 4.69) is 38.4 Å². The lowest BCUT2D eigenvalue weighted by atomic mass is 10.0. The molecular formula is C24H15BrN2O2. The summed E-state index contributed by atoms with van der Waals surface area (Å²) in [5.74, 6) is 0.391. The van der Waals surface area contributed by atoms with Crippen molar-refractivity contribution in [2.24, 2.45) is 0 Å². The fourth-order valence-electron chi connectivity index (χ4n) is 3.37. The number of carbonyl (C=O) groups excluding carboxylic acids is 1. The molecule has 5 heteroatoms. The van der Waals surface area contributed by atoms with Gasteiger partial charge in [0.15, 0.2) is 5.58 Å². The molecule has 1 amide bonds. The van der Waals surface area contributed by atoms with Gasteiger partial charge in [0.25, 0.3) is 5.91 Å². The van der Waals surface area contributed by atoms with Crippen molar-refractivity contribution in [2.75, 3.05) is 5.32 Å². The predicted octanol–water partition coefficient (Wildman–Crippen LogP) is 6.66. The molecular weight excluding hydrogens is 428 g/mol. The topological polar surface area (TPSA) is 55.1 Å². The molecule has 5 rings (SSSR count). The number of halogens is 1. The van der Waals surface area contributed by atoms with Crippen LogP contribution in [0.2, 0.25) is 0 Å². The number of aromatic nitrogens is 1. The molecule has 1 heterocycles. The first-order valence-electron chi connectivity index (χ1n) is 9.14. The molecule has 0 aliphatic rings. The van der Waals surface area contributed by atoms with E-state index in [1.807, 2.05) is 60.7 Å². The van der Waals surface area contributed by atoms with Gasteiger partial charge < -0.3 is 9.73 Å². The molecule has 0 saturated heterocycles. The van der Waals surface area contributed by atoms with Crippen LogP contribution in [0.5, 0.6) is 0 Å². The molecule has 0 atom stereocenters. The molecule has 1 aromatic heterocycles. The summed E-state index contributed by atoms with van der Waals surface area (Å²) in [6.45, 7) is 0. The highest BCUT2D eigenvalue weighted by Crippen LogP contribution is 2.34. The molecule has 0 bridgehead atoms. The largest absolute Gasteiger partial charge is 0.436 e. The summed E-state index contributed by atoms with van der Waals surface area (Å²) < 4.78 is 7.03. The third kappa shape index (κ3) is 3.30. The number of oxazole rings is 1. The van der Waals surface area contributed by atoms with Crippen molar-refractivity contribution < 1.29 is 9.21 Å². The van der Waals surface area contributed by atoms with Crippen molar-refractivity contribution in [3.05, 3.63) is 95.0 Å². The van der Waals surface area contributed by atoms with Crippen LogP contribution in [0.25, 0.3) is 33.3 Å². The van der Waals surface area contributed by atoms with Gasteiger partial charge >= 0.3 is 0 Å². The van der Waals surface area contributed by atoms with E-state index in [1.165, 1.54) is 0 Å². The Kier molecular flexibility index (Phi) is 4.37. The summed E-state index contributed by atoms with van der Waals surface area (Å²) in [5.41, 5.74) is 3.57. The van der Waals surface area contributed by atoms with Crippen LogP contribution in [-0.2, 0) is 0 Å². The first-order valence-corrected chi connectivity index (χ1v) is 9.93. The molecule has 0 fully saturated rings. The number of nitrogens with one attached hydrogen (secondary N) is 1. The van der Waals surface area contributed by atoms with E-state index in [-0.39, 0.29) is 5.91 Å². The number of carbonyl (C=O) groups is 1. The monoisotopic (exact) mass is 442 g/mol. The third-order valence-electron chi connectivity index (χ3n) is 4.78. The quantitative estimate of drug-likeness (QED) is 0.339. The number of fused-ring (bicyclic) bond motifs is 2. The zero-order chi connectivity index (χ0) is 19.8. The number of amides is 1. The maximum atomic E-state index is 12.4. The molecule has 4 aromatic carbocycles. The Morgan fingerprint density at radius 2 is 1.66 bits per heavy atom. The number of hydrogen-bond donors (Lipinski definition) is 1. The van der Waals surface area contributed by atoms with Crippen LogP contribution in [0.4, 0.5) is 5.69 Å². The second kappa shape index (κ2) is 7.18. The average molecular weight is 443 g/mol. The second-order valence-electron chi connectivity index (χ2n) is 6.66. The Bertz CT molecular complexity index is 1360. The molecule has 140 valence electrons. The van der Waals surface area contributed by atoms with Gasteiger partial charge in [-0.25, -0.2) is 4.98 Å². The molecule has 0 aliphatic heterocycles. The predicted molar refractivity (Wildman–Crippen MR) is 119 cm³/mol. The first-order chi connectivity index (χ1) is 14.2. The molecule has 0 aliphatic carbocycles. The van der Waals surface area contributed by atoms with Crippen LogP contribution in [0.1, 0.15) is 10.4 Å². The van der Waals surface area contributed by atoms with Gasteiger partial charge in [0.05, 0.1) is 0 Å². The van der Waals surface area contributed by atoms with Gasteiger partial charge in [0, 0.05) is 21.3 Å². The Morgan fingerprint density at radius 3 is 2.52 bits per heavy atom. The highest BCUT2D eigenvalue weighted by atomic mass is 79.9. The number of rotatable bonds is 3. The van der Waals surface area contributed by atoms with E-state index in [9.17, 15) is 4.79 Å². The Labute approximate surface area is 175 Å². The summed E-state index contributed by atoms with van der Waals surface area (Å²) in [4.78, 5) is 17.1. The zero-order valence-corrected chi connectivity index (χ0v) is 16.8. The van der Waals surface area contributed by atoms with Crippen LogP contribution in [0, 0.1) is 0 Å². The fourth-order valence-corrected chi connectivity index (χ4v) is 3.87. The van der Waals surface area contributed by atoms with Crippen LogP contribution in [0.3, 0.4) is 0 Å². The van der Waals surface area contributed by atoms with Gasteiger partial charge in [0.1, 0.15) is 5.52 Å². The Morgan fingerprint density at radius 1 is 0.862 bits per heavy atom. The van der Waals surface area contributed by atoms with E-state index < -0.39 is 0 Å². The highest BCUT2D eigenvalue weighted by molar-refractivity contribution is 9.10. The second-order valence-corrected chi connectivity index (χ2v) is 7.52. The van der Waals surface area contributed by atoms with Crippen LogP contribution < -0.4 is 5.32 Å². The van der Waals surface area contributed by atoms with Crippen LogP contribution in [0.15, 0.2) is 93.8 Å². The van der Waals surface area contributed by atoms with E-state index in [0.29, 0.717) is 28.2 Å². The minimum atomic E-state index is -0.160. The molecule has 5 aromatic rings. The summed E-state index contributed by atoms with van der Waals surface area (Å²) >= 11 is 3.60. The standard InChI is InChI=1S/C24H15BrN2O2/c25-20-11-5-8-17-18(20)9-4-10-19(17)24-27-21-14-16(12-13-22(21)29-24)26-23(28)15-6-2-1-3-7-15/h1-14H,(H,26,28). The maximum absolute atomic E-state index is 12.4. The highest BCUT2D eigenvalue weighted by Gasteiger charge is 2.13. The molecule has 29 heavy (non-hydrogen) atoms. The number of anilines is 1. The lowest BCUT2D eigenvalue weighted by Crippen LogP contribution is -2.11. The van der Waals surface area contributed by atoms with Gasteiger partial charge in [-0.15, -0.1) is 0 Å². The van der Waals surface area contributed by atoms with E-state index in [1.54, 1.807) is 12.1 Å². The normalized spacial score (nSPS) is 11.1. The minimum absolute atomic E-state index is 0.160. The van der Waals surface area contributed by atoms with E-state index in [4.69, 9.17) is 4.42 Å². The molecule has 1 N–H and O–H groups in total. The minimum Gasteiger partial charge on any atom is -0.436 e. The zero-order valence-electron chi connectivity index (χ0n) is 15.2. The molecule has 0 saturated carbocycles. The molecule has 0 radical (unpaired) electrons. The fraction of sp³-hybridized carbons (Fsp3) is 0. The van der Waals surface area contributed by atoms with Crippen molar-refractivity contribution in [2.45, 2.75) is 0 Å². The van der Waals surface area contributed by atoms with Gasteiger partial charge in [-0.05, 0) is 53.2 Å². The van der Waals surface area contributed by atoms with Crippen molar-refractivity contribution >= 4 is 49.4 Å². The van der Waals surface area contributed by atoms with Gasteiger partial charge in [-0.2, -0.15) is 0 Å². The summed E-state index contributed by atoms with van der Waals surface area (Å²) in [6, 6.07) is 26.7. The van der Waals surface area contributed by atoms with Crippen molar-refractivity contribution in [3.63, 3.8) is 0 Å². The van der Waals surface area contributed by atoms with Crippen LogP contribution >= 0.6 is 15.9 Å². The van der Waals surface area contributed by atoms with Crippen molar-refractivity contribution in [3.8, 4) is 11.5 Å². The Hall–Kier alpha value is -3.44. The maximum Gasteiger partial charge on any atom is 0.255 e. The molecule has 0 unspecified atom stereocenters. The Balaban J connectivity index is 1.52. The van der Waals surface area contributed by atoms with E-state index in [0.717, 1.165) is 20.8 Å². The summed E-state index contributed by atoms with van der Waals surface area (Å²) in [6.07, 6.45) is 0. The lowest BCUT2D eigenvalue weighted by molar-refractivity contribution is 0.102. The summed E-state index contributed by atoms with van der Waals surface area (Å²) in [5, 5.41) is 5.07. The van der Waals surface area contributed by atoms with Gasteiger partial charge in [0.2, 0.25) is 5.89 Å². The first kappa shape index (κ1) is 17.6. The molecule has 0 spiro atoms. The smallest absolute Gasteiger partial charge is 0.255 e. The average Bonchev–Trinajstić information content (AvgIpc) is 3.17. The van der Waals surface area contributed by atoms with Crippen molar-refractivity contribution in [1.29, 1.82) is 0 Å². The number of hydrogen-bond acceptors (Lipinski definition) is 3. The third-order valence-corrected chi connectivity index (χ3v) is 5.47. The number of nitrogens with zero attached hydrogens (tertiary/aromatic N) is 1. The van der Waals surface area contributed by atoms with Crippen LogP contribution in [-0.4, -0.2) is 10.9 Å². The lowest BCUT2D eigenvalue weighted by Gasteiger charge is -2.04. The SMILES string of the molecule is O=C(Nc1ccc2oc(-c3cccc4c(Br)cccc34)nc2c1)c1ccccc1. The van der Waals surface area contributed by atoms with Gasteiger partial charge in [-0.3, -0.25) is 4.79 Å². The van der Waals surface area contributed by atoms with Crippen molar-refractivity contribution in [1.82, 2.24) is 4.98 Å². The van der Waals surface area contributed by atoms with E-state index >= 15 is 0 Å². The molecule has 4 nitrogen and oxygen atoms in total.